The summed E-state index contributed by atoms with van der Waals surface area (Å²) in [5, 5.41) is 10.7. The number of amides is 2. The fraction of sp³-hybridized carbons (Fsp3) is 0.389. The molecule has 14 heteroatoms. The summed E-state index contributed by atoms with van der Waals surface area (Å²) < 4.78 is 11.2. The highest BCUT2D eigenvalue weighted by Gasteiger charge is 2.23. The van der Waals surface area contributed by atoms with E-state index in [0.29, 0.717) is 81.8 Å². The van der Waals surface area contributed by atoms with Crippen molar-refractivity contribution in [3.05, 3.63) is 70.2 Å². The summed E-state index contributed by atoms with van der Waals surface area (Å²) in [6.45, 7) is 4.65. The Bertz CT molecular complexity index is 1870. The number of hydrogen-bond donors (Lipinski definition) is 3. The molecule has 2 aromatic carbocycles. The largest absolute Gasteiger partial charge is 0.480 e. The molecule has 4 heterocycles. The Morgan fingerprint density at radius 3 is 1.90 bits per heavy atom. The van der Waals surface area contributed by atoms with Crippen LogP contribution in [-0.2, 0) is 22.7 Å². The van der Waals surface area contributed by atoms with E-state index in [4.69, 9.17) is 42.6 Å². The van der Waals surface area contributed by atoms with Crippen LogP contribution in [0.25, 0.3) is 33.6 Å². The van der Waals surface area contributed by atoms with Gasteiger partial charge in [0.25, 0.3) is 0 Å². The van der Waals surface area contributed by atoms with Gasteiger partial charge in [-0.05, 0) is 19.3 Å². The molecular weight excluding hydrogens is 679 g/mol. The van der Waals surface area contributed by atoms with Crippen molar-refractivity contribution in [2.75, 3.05) is 33.9 Å². The number of piperidine rings is 1. The average molecular weight is 720 g/mol. The molecule has 2 fully saturated rings. The number of rotatable bonds is 12. The predicted molar refractivity (Wildman–Crippen MR) is 192 cm³/mol. The number of carbonyl (C=O) groups is 2. The number of halogens is 2. The quantitative estimate of drug-likeness (QED) is 0.182. The lowest BCUT2D eigenvalue weighted by Gasteiger charge is -2.31. The number of methoxy groups -OCH3 is 2. The second-order valence-electron chi connectivity index (χ2n) is 12.4. The van der Waals surface area contributed by atoms with E-state index in [-0.39, 0.29) is 23.9 Å². The topological polar surface area (TPSA) is 143 Å². The summed E-state index contributed by atoms with van der Waals surface area (Å²) in [5.41, 5.74) is 5.26. The van der Waals surface area contributed by atoms with Crippen LogP contribution in [0.15, 0.2) is 48.8 Å². The first-order valence-corrected chi connectivity index (χ1v) is 17.4. The number of ether oxygens (including phenoxy) is 2. The summed E-state index contributed by atoms with van der Waals surface area (Å²) in [6.07, 6.45) is 6.50. The molecule has 2 aromatic heterocycles. The van der Waals surface area contributed by atoms with Crippen LogP contribution in [0.5, 0.6) is 11.8 Å². The van der Waals surface area contributed by atoms with Crippen molar-refractivity contribution < 1.29 is 19.1 Å². The van der Waals surface area contributed by atoms with E-state index in [1.807, 2.05) is 41.3 Å². The van der Waals surface area contributed by atoms with E-state index in [2.05, 4.69) is 25.9 Å². The van der Waals surface area contributed by atoms with Crippen LogP contribution in [0.1, 0.15) is 44.0 Å². The average Bonchev–Trinajstić information content (AvgIpc) is 3.55. The van der Waals surface area contributed by atoms with Crippen molar-refractivity contribution in [1.29, 1.82) is 0 Å². The number of likely N-dealkylation sites (tertiary alicyclic amines) is 1. The third-order valence-corrected chi connectivity index (χ3v) is 9.93. The fourth-order valence-electron chi connectivity index (χ4n) is 6.33. The molecule has 2 saturated heterocycles. The number of carbonyl (C=O) groups excluding carboxylic acids is 2. The SMILES string of the molecule is COc1nc(-c2cccc(-c3cccc(-c4cnc(CNC5CCN(C(C)=O)CC5)c(OC)n4)c3Cl)c2Cl)cnc1CNCC1CCC(=O)N1. The summed E-state index contributed by atoms with van der Waals surface area (Å²) in [6, 6.07) is 11.8. The molecular formula is C36H40Cl2N8O4. The normalized spacial score (nSPS) is 16.4. The standard InChI is InChI=1S/C36H40Cl2N8O4/c1-21(47)46-14-12-22(13-15-46)40-20-31-36(50-3)45-29(19-42-31)27-9-5-7-25(34(27)38)24-6-4-8-26(33(24)37)28-18-41-30(35(44-28)49-2)17-39-16-23-10-11-32(48)43-23/h4-9,18-19,22-23,39-40H,10-17,20H2,1-3H3,(H,43,48). The summed E-state index contributed by atoms with van der Waals surface area (Å²) in [4.78, 5) is 43.8. The molecule has 0 radical (unpaired) electrons. The van der Waals surface area contributed by atoms with Gasteiger partial charge in [-0.1, -0.05) is 59.6 Å². The molecule has 6 rings (SSSR count). The molecule has 262 valence electrons. The minimum Gasteiger partial charge on any atom is -0.480 e. The Morgan fingerprint density at radius 1 is 0.860 bits per heavy atom. The van der Waals surface area contributed by atoms with Crippen molar-refractivity contribution in [3.63, 3.8) is 0 Å². The highest BCUT2D eigenvalue weighted by molar-refractivity contribution is 6.39. The molecule has 12 nitrogen and oxygen atoms in total. The lowest BCUT2D eigenvalue weighted by Crippen LogP contribution is -2.44. The van der Waals surface area contributed by atoms with Crippen molar-refractivity contribution in [1.82, 2.24) is 40.8 Å². The maximum Gasteiger partial charge on any atom is 0.237 e. The molecule has 4 aromatic rings. The van der Waals surface area contributed by atoms with Crippen LogP contribution in [0, 0.1) is 0 Å². The lowest BCUT2D eigenvalue weighted by atomic mass is 9.98. The first-order chi connectivity index (χ1) is 24.2. The zero-order valence-electron chi connectivity index (χ0n) is 28.3. The van der Waals surface area contributed by atoms with Crippen molar-refractivity contribution in [3.8, 4) is 45.4 Å². The van der Waals surface area contributed by atoms with Crippen molar-refractivity contribution >= 4 is 35.0 Å². The van der Waals surface area contributed by atoms with Crippen LogP contribution in [0.2, 0.25) is 10.0 Å². The van der Waals surface area contributed by atoms with E-state index >= 15 is 0 Å². The molecule has 0 saturated carbocycles. The van der Waals surface area contributed by atoms with Gasteiger partial charge in [-0.3, -0.25) is 19.6 Å². The van der Waals surface area contributed by atoms with Gasteiger partial charge < -0.3 is 30.3 Å². The van der Waals surface area contributed by atoms with Crippen LogP contribution >= 0.6 is 23.2 Å². The lowest BCUT2D eigenvalue weighted by molar-refractivity contribution is -0.130. The smallest absolute Gasteiger partial charge is 0.237 e. The fourth-order valence-corrected chi connectivity index (χ4v) is 6.98. The van der Waals surface area contributed by atoms with Gasteiger partial charge in [0.1, 0.15) is 11.4 Å². The maximum absolute atomic E-state index is 11.7. The van der Waals surface area contributed by atoms with Crippen LogP contribution < -0.4 is 25.4 Å². The summed E-state index contributed by atoms with van der Waals surface area (Å²) in [5.74, 6) is 0.992. The van der Waals surface area contributed by atoms with E-state index in [9.17, 15) is 9.59 Å². The van der Waals surface area contributed by atoms with Gasteiger partial charge in [0.15, 0.2) is 0 Å². The number of benzene rings is 2. The van der Waals surface area contributed by atoms with E-state index in [1.54, 1.807) is 33.5 Å². The van der Waals surface area contributed by atoms with E-state index in [0.717, 1.165) is 43.5 Å². The molecule has 50 heavy (non-hydrogen) atoms. The van der Waals surface area contributed by atoms with E-state index in [1.165, 1.54) is 0 Å². The number of hydrogen-bond acceptors (Lipinski definition) is 10. The molecule has 1 atom stereocenters. The third-order valence-electron chi connectivity index (χ3n) is 9.12. The second kappa shape index (κ2) is 16.1. The Kier molecular flexibility index (Phi) is 11.4. The van der Waals surface area contributed by atoms with Crippen LogP contribution in [0.3, 0.4) is 0 Å². The number of nitrogens with one attached hydrogen (secondary N) is 3. The van der Waals surface area contributed by atoms with Gasteiger partial charge >= 0.3 is 0 Å². The molecule has 3 N–H and O–H groups in total. The molecule has 1 unspecified atom stereocenters. The molecule has 0 aliphatic carbocycles. The van der Waals surface area contributed by atoms with E-state index < -0.39 is 0 Å². The molecule has 2 aliphatic rings. The minimum atomic E-state index is 0.0811. The Hall–Kier alpha value is -4.36. The number of nitrogens with zero attached hydrogens (tertiary/aromatic N) is 5. The highest BCUT2D eigenvalue weighted by atomic mass is 35.5. The van der Waals surface area contributed by atoms with Gasteiger partial charge in [-0.25, -0.2) is 9.97 Å². The van der Waals surface area contributed by atoms with Crippen molar-refractivity contribution in [2.45, 2.75) is 57.8 Å². The minimum absolute atomic E-state index is 0.0811. The first-order valence-electron chi connectivity index (χ1n) is 16.6. The van der Waals surface area contributed by atoms with Gasteiger partial charge in [-0.15, -0.1) is 0 Å². The second-order valence-corrected chi connectivity index (χ2v) is 13.1. The molecule has 2 aliphatic heterocycles. The first kappa shape index (κ1) is 35.5. The highest BCUT2D eigenvalue weighted by Crippen LogP contribution is 2.42. The van der Waals surface area contributed by atoms with Gasteiger partial charge in [0.05, 0.1) is 48.0 Å². The third kappa shape index (κ3) is 7.99. The van der Waals surface area contributed by atoms with Crippen molar-refractivity contribution in [2.24, 2.45) is 0 Å². The Labute approximate surface area is 301 Å². The zero-order valence-corrected chi connectivity index (χ0v) is 29.8. The van der Waals surface area contributed by atoms with Crippen LogP contribution in [-0.4, -0.2) is 82.6 Å². The summed E-state index contributed by atoms with van der Waals surface area (Å²) >= 11 is 14.1. The molecule has 2 amide bonds. The Balaban J connectivity index is 1.19. The molecule has 0 bridgehead atoms. The number of aromatic nitrogens is 4. The molecule has 0 spiro atoms. The maximum atomic E-state index is 11.7. The van der Waals surface area contributed by atoms with Crippen LogP contribution in [0.4, 0.5) is 0 Å². The van der Waals surface area contributed by atoms with Gasteiger partial charge in [-0.2, -0.15) is 0 Å². The van der Waals surface area contributed by atoms with Gasteiger partial charge in [0.2, 0.25) is 23.6 Å². The summed E-state index contributed by atoms with van der Waals surface area (Å²) in [7, 11) is 3.13. The predicted octanol–water partition coefficient (Wildman–Crippen LogP) is 5.06. The zero-order chi connectivity index (χ0) is 35.2. The monoisotopic (exact) mass is 718 g/mol. The van der Waals surface area contributed by atoms with Gasteiger partial charge in [0, 0.05) is 80.4 Å². The Morgan fingerprint density at radius 2 is 1.40 bits per heavy atom.